The quantitative estimate of drug-likeness (QED) is 0.714. The fraction of sp³-hybridized carbons (Fsp3) is 1.00. The van der Waals surface area contributed by atoms with E-state index < -0.39 is 0 Å². The molecule has 1 saturated carbocycles. The number of aliphatic hydroxyl groups is 1. The molecule has 0 unspecified atom stereocenters. The molecule has 1 fully saturated rings. The predicted octanol–water partition coefficient (Wildman–Crippen LogP) is 3.22. The first-order chi connectivity index (χ1) is 5.94. The molecule has 78 valence electrons. The first-order valence-electron chi connectivity index (χ1n) is 5.55. The van der Waals surface area contributed by atoms with Gasteiger partial charge in [0.05, 0.1) is 0 Å². The summed E-state index contributed by atoms with van der Waals surface area (Å²) < 4.78 is 0. The lowest BCUT2D eigenvalue weighted by Crippen LogP contribution is -2.33. The molecule has 0 aromatic rings. The standard InChI is InChI=1S/C12H24O/c1-10-6-8-12(4,7-5-9-13)11(10,2)3/h10,13H,5-9H2,1-4H3/t10-,12+/m0/s1. The minimum Gasteiger partial charge on any atom is -0.396 e. The molecule has 0 aromatic carbocycles. The summed E-state index contributed by atoms with van der Waals surface area (Å²) in [7, 11) is 0. The summed E-state index contributed by atoms with van der Waals surface area (Å²) in [4.78, 5) is 0. The van der Waals surface area contributed by atoms with Crippen LogP contribution in [0.3, 0.4) is 0 Å². The Hall–Kier alpha value is -0.0400. The van der Waals surface area contributed by atoms with Gasteiger partial charge in [-0.1, -0.05) is 27.7 Å². The van der Waals surface area contributed by atoms with Gasteiger partial charge in [-0.05, 0) is 42.4 Å². The Bertz CT molecular complexity index is 174. The van der Waals surface area contributed by atoms with Crippen molar-refractivity contribution in [3.05, 3.63) is 0 Å². The van der Waals surface area contributed by atoms with Crippen molar-refractivity contribution < 1.29 is 5.11 Å². The molecule has 1 heteroatoms. The van der Waals surface area contributed by atoms with Crippen LogP contribution in [-0.4, -0.2) is 11.7 Å². The molecule has 1 aliphatic rings. The summed E-state index contributed by atoms with van der Waals surface area (Å²) >= 11 is 0. The van der Waals surface area contributed by atoms with Crippen molar-refractivity contribution in [2.75, 3.05) is 6.61 Å². The van der Waals surface area contributed by atoms with Crippen molar-refractivity contribution in [1.82, 2.24) is 0 Å². The van der Waals surface area contributed by atoms with E-state index in [0.717, 1.165) is 12.3 Å². The number of aliphatic hydroxyl groups excluding tert-OH is 1. The van der Waals surface area contributed by atoms with Gasteiger partial charge in [-0.25, -0.2) is 0 Å². The lowest BCUT2D eigenvalue weighted by Gasteiger charge is -2.41. The molecule has 13 heavy (non-hydrogen) atoms. The van der Waals surface area contributed by atoms with Crippen LogP contribution in [0.15, 0.2) is 0 Å². The van der Waals surface area contributed by atoms with Gasteiger partial charge >= 0.3 is 0 Å². The van der Waals surface area contributed by atoms with Crippen molar-refractivity contribution in [1.29, 1.82) is 0 Å². The van der Waals surface area contributed by atoms with Gasteiger partial charge in [-0.3, -0.25) is 0 Å². The first-order valence-corrected chi connectivity index (χ1v) is 5.55. The highest BCUT2D eigenvalue weighted by Gasteiger charge is 2.48. The fourth-order valence-electron chi connectivity index (χ4n) is 2.73. The number of hydrogen-bond acceptors (Lipinski definition) is 1. The van der Waals surface area contributed by atoms with Crippen LogP contribution in [-0.2, 0) is 0 Å². The Morgan fingerprint density at radius 2 is 1.92 bits per heavy atom. The van der Waals surface area contributed by atoms with Crippen LogP contribution in [0, 0.1) is 16.7 Å². The zero-order chi connectivity index (χ0) is 10.1. The third-order valence-electron chi connectivity index (χ3n) is 4.80. The fourth-order valence-corrected chi connectivity index (χ4v) is 2.73. The van der Waals surface area contributed by atoms with Gasteiger partial charge < -0.3 is 5.11 Å². The van der Waals surface area contributed by atoms with Crippen LogP contribution < -0.4 is 0 Å². The zero-order valence-corrected chi connectivity index (χ0v) is 9.56. The van der Waals surface area contributed by atoms with Gasteiger partial charge in [-0.2, -0.15) is 0 Å². The number of rotatable bonds is 3. The second-order valence-electron chi connectivity index (χ2n) is 5.55. The van der Waals surface area contributed by atoms with Gasteiger partial charge in [0.1, 0.15) is 0 Å². The molecule has 1 rings (SSSR count). The van der Waals surface area contributed by atoms with Gasteiger partial charge in [0.25, 0.3) is 0 Å². The van der Waals surface area contributed by atoms with Crippen LogP contribution in [0.25, 0.3) is 0 Å². The van der Waals surface area contributed by atoms with E-state index in [1.165, 1.54) is 19.3 Å². The van der Waals surface area contributed by atoms with Crippen molar-refractivity contribution in [2.45, 2.75) is 53.4 Å². The summed E-state index contributed by atoms with van der Waals surface area (Å²) in [6.07, 6.45) is 4.84. The molecule has 0 saturated heterocycles. The molecule has 0 radical (unpaired) electrons. The van der Waals surface area contributed by atoms with Crippen molar-refractivity contribution >= 4 is 0 Å². The van der Waals surface area contributed by atoms with E-state index in [1.807, 2.05) is 0 Å². The Morgan fingerprint density at radius 1 is 1.31 bits per heavy atom. The van der Waals surface area contributed by atoms with Crippen LogP contribution in [0.4, 0.5) is 0 Å². The molecule has 0 bridgehead atoms. The summed E-state index contributed by atoms with van der Waals surface area (Å²) in [6, 6.07) is 0. The first kappa shape index (κ1) is 11.0. The van der Waals surface area contributed by atoms with E-state index in [1.54, 1.807) is 0 Å². The topological polar surface area (TPSA) is 20.2 Å². The maximum Gasteiger partial charge on any atom is 0.0431 e. The monoisotopic (exact) mass is 184 g/mol. The summed E-state index contributed by atoms with van der Waals surface area (Å²) in [5.74, 6) is 0.830. The lowest BCUT2D eigenvalue weighted by atomic mass is 9.64. The molecule has 0 aromatic heterocycles. The summed E-state index contributed by atoms with van der Waals surface area (Å²) in [5.41, 5.74) is 0.900. The predicted molar refractivity (Wildman–Crippen MR) is 56.6 cm³/mol. The maximum atomic E-state index is 8.88. The van der Waals surface area contributed by atoms with E-state index in [2.05, 4.69) is 27.7 Å². The minimum absolute atomic E-state index is 0.347. The summed E-state index contributed by atoms with van der Waals surface area (Å²) in [5, 5.41) is 8.88. The smallest absolute Gasteiger partial charge is 0.0431 e. The second kappa shape index (κ2) is 3.61. The highest BCUT2D eigenvalue weighted by molar-refractivity contribution is 4.98. The normalized spacial score (nSPS) is 38.1. The molecule has 0 spiro atoms. The SMILES string of the molecule is C[C@H]1CC[C@@](C)(CCCO)C1(C)C. The van der Waals surface area contributed by atoms with Crippen LogP contribution in [0.2, 0.25) is 0 Å². The van der Waals surface area contributed by atoms with Crippen LogP contribution >= 0.6 is 0 Å². The molecule has 0 aliphatic heterocycles. The van der Waals surface area contributed by atoms with E-state index in [-0.39, 0.29) is 0 Å². The molecular weight excluding hydrogens is 160 g/mol. The average Bonchev–Trinajstić information content (AvgIpc) is 2.27. The third kappa shape index (κ3) is 1.76. The van der Waals surface area contributed by atoms with Crippen LogP contribution in [0.1, 0.15) is 53.4 Å². The Kier molecular flexibility index (Phi) is 3.06. The van der Waals surface area contributed by atoms with E-state index in [9.17, 15) is 0 Å². The van der Waals surface area contributed by atoms with E-state index in [4.69, 9.17) is 5.11 Å². The highest BCUT2D eigenvalue weighted by Crippen LogP contribution is 2.57. The molecular formula is C12H24O. The molecule has 0 amide bonds. The maximum absolute atomic E-state index is 8.88. The molecule has 2 atom stereocenters. The van der Waals surface area contributed by atoms with Crippen molar-refractivity contribution in [3.63, 3.8) is 0 Å². The van der Waals surface area contributed by atoms with Gasteiger partial charge in [0, 0.05) is 6.61 Å². The minimum atomic E-state index is 0.347. The van der Waals surface area contributed by atoms with Gasteiger partial charge in [0.15, 0.2) is 0 Å². The third-order valence-corrected chi connectivity index (χ3v) is 4.80. The Balaban J connectivity index is 2.67. The largest absolute Gasteiger partial charge is 0.396 e. The summed E-state index contributed by atoms with van der Waals surface area (Å²) in [6.45, 7) is 9.89. The van der Waals surface area contributed by atoms with Gasteiger partial charge in [0.2, 0.25) is 0 Å². The average molecular weight is 184 g/mol. The van der Waals surface area contributed by atoms with E-state index in [0.29, 0.717) is 17.4 Å². The second-order valence-corrected chi connectivity index (χ2v) is 5.55. The highest BCUT2D eigenvalue weighted by atomic mass is 16.2. The van der Waals surface area contributed by atoms with Crippen LogP contribution in [0.5, 0.6) is 0 Å². The zero-order valence-electron chi connectivity index (χ0n) is 9.56. The molecule has 0 heterocycles. The molecule has 1 nitrogen and oxygen atoms in total. The molecule has 1 aliphatic carbocycles. The Labute approximate surface area is 82.5 Å². The van der Waals surface area contributed by atoms with Crippen molar-refractivity contribution in [3.8, 4) is 0 Å². The molecule has 1 N–H and O–H groups in total. The van der Waals surface area contributed by atoms with Crippen molar-refractivity contribution in [2.24, 2.45) is 16.7 Å². The van der Waals surface area contributed by atoms with E-state index >= 15 is 0 Å². The Morgan fingerprint density at radius 3 is 2.31 bits per heavy atom. The number of hydrogen-bond donors (Lipinski definition) is 1. The lowest BCUT2D eigenvalue weighted by molar-refractivity contribution is 0.0770. The van der Waals surface area contributed by atoms with Gasteiger partial charge in [-0.15, -0.1) is 0 Å².